The Bertz CT molecular complexity index is 824. The zero-order valence-electron chi connectivity index (χ0n) is 12.9. The van der Waals surface area contributed by atoms with Gasteiger partial charge in [-0.2, -0.15) is 5.10 Å². The molecule has 0 atom stereocenters. The van der Waals surface area contributed by atoms with E-state index in [0.717, 1.165) is 33.5 Å². The minimum absolute atomic E-state index is 0.0366. The van der Waals surface area contributed by atoms with Crippen molar-refractivity contribution in [2.45, 2.75) is 19.9 Å². The summed E-state index contributed by atoms with van der Waals surface area (Å²) in [6.07, 6.45) is 2.57. The van der Waals surface area contributed by atoms with Crippen molar-refractivity contribution in [3.63, 3.8) is 0 Å². The highest BCUT2D eigenvalue weighted by Gasteiger charge is 2.07. The first-order valence-electron chi connectivity index (χ1n) is 7.55. The largest absolute Gasteiger partial charge is 0.354 e. The number of nitrogens with zero attached hydrogens (tertiary/aromatic N) is 2. The lowest BCUT2D eigenvalue weighted by Gasteiger charge is -2.07. The van der Waals surface area contributed by atoms with Gasteiger partial charge >= 0.3 is 0 Å². The topological polar surface area (TPSA) is 46.9 Å². The van der Waals surface area contributed by atoms with Crippen LogP contribution in [0.4, 0.5) is 0 Å². The van der Waals surface area contributed by atoms with Crippen LogP contribution in [-0.2, 0) is 17.8 Å². The summed E-state index contributed by atoms with van der Waals surface area (Å²) < 4.78 is 1.74. The molecule has 1 amide bonds. The van der Waals surface area contributed by atoms with E-state index in [2.05, 4.69) is 10.4 Å². The average molecular weight is 328 g/mol. The van der Waals surface area contributed by atoms with Gasteiger partial charge in [0, 0.05) is 17.0 Å². The second-order valence-corrected chi connectivity index (χ2v) is 6.03. The molecule has 0 aliphatic rings. The molecule has 3 rings (SSSR count). The fourth-order valence-corrected chi connectivity index (χ4v) is 2.62. The van der Waals surface area contributed by atoms with Gasteiger partial charge < -0.3 is 5.32 Å². The van der Waals surface area contributed by atoms with Crippen molar-refractivity contribution in [3.8, 4) is 0 Å². The lowest BCUT2D eigenvalue weighted by atomic mass is 10.1. The predicted octanol–water partition coefficient (Wildman–Crippen LogP) is 3.36. The van der Waals surface area contributed by atoms with Gasteiger partial charge in [0.2, 0.25) is 5.91 Å². The minimum Gasteiger partial charge on any atom is -0.354 e. The Morgan fingerprint density at radius 1 is 1.22 bits per heavy atom. The highest BCUT2D eigenvalue weighted by Crippen LogP contribution is 2.15. The number of fused-ring (bicyclic) bond motifs is 1. The van der Waals surface area contributed by atoms with Gasteiger partial charge in [-0.25, -0.2) is 0 Å². The van der Waals surface area contributed by atoms with Gasteiger partial charge in [0.1, 0.15) is 6.54 Å². The number of aromatic nitrogens is 2. The van der Waals surface area contributed by atoms with Crippen LogP contribution in [0.3, 0.4) is 0 Å². The maximum Gasteiger partial charge on any atom is 0.241 e. The Morgan fingerprint density at radius 2 is 2.00 bits per heavy atom. The van der Waals surface area contributed by atoms with Crippen LogP contribution in [0.25, 0.3) is 10.9 Å². The highest BCUT2D eigenvalue weighted by atomic mass is 35.5. The summed E-state index contributed by atoms with van der Waals surface area (Å²) in [6, 6.07) is 13.8. The van der Waals surface area contributed by atoms with Crippen LogP contribution < -0.4 is 5.32 Å². The monoisotopic (exact) mass is 327 g/mol. The van der Waals surface area contributed by atoms with Gasteiger partial charge in [-0.05, 0) is 42.7 Å². The molecular weight excluding hydrogens is 310 g/mol. The molecule has 2 aromatic carbocycles. The molecule has 1 heterocycles. The second kappa shape index (κ2) is 6.84. The number of carbonyl (C=O) groups excluding carboxylic acids is 1. The number of hydrogen-bond donors (Lipinski definition) is 1. The van der Waals surface area contributed by atoms with E-state index >= 15 is 0 Å². The Kier molecular flexibility index (Phi) is 4.63. The Labute approximate surface area is 140 Å². The standard InChI is InChI=1S/C18H18ClN3O/c1-13-2-5-15-11-21-22(17(15)10-13)12-18(23)20-9-8-14-3-6-16(19)7-4-14/h2-7,10-11H,8-9,12H2,1H3,(H,20,23). The van der Waals surface area contributed by atoms with Crippen LogP contribution in [0.15, 0.2) is 48.7 Å². The normalized spacial score (nSPS) is 10.9. The average Bonchev–Trinajstić information content (AvgIpc) is 2.91. The fourth-order valence-electron chi connectivity index (χ4n) is 2.50. The quantitative estimate of drug-likeness (QED) is 0.781. The zero-order chi connectivity index (χ0) is 16.2. The van der Waals surface area contributed by atoms with Crippen molar-refractivity contribution in [1.82, 2.24) is 15.1 Å². The summed E-state index contributed by atoms with van der Waals surface area (Å²) in [6.45, 7) is 2.86. The molecule has 1 aromatic heterocycles. The number of rotatable bonds is 5. The fraction of sp³-hybridized carbons (Fsp3) is 0.222. The molecule has 0 aliphatic heterocycles. The molecule has 1 N–H and O–H groups in total. The van der Waals surface area contributed by atoms with Crippen molar-refractivity contribution in [3.05, 3.63) is 64.8 Å². The lowest BCUT2D eigenvalue weighted by Crippen LogP contribution is -2.29. The van der Waals surface area contributed by atoms with Crippen molar-refractivity contribution in [2.24, 2.45) is 0 Å². The number of carbonyl (C=O) groups is 1. The van der Waals surface area contributed by atoms with Crippen LogP contribution in [0.2, 0.25) is 5.02 Å². The molecule has 0 spiro atoms. The summed E-state index contributed by atoms with van der Waals surface area (Å²) in [4.78, 5) is 12.1. The number of hydrogen-bond acceptors (Lipinski definition) is 2. The van der Waals surface area contributed by atoms with Crippen molar-refractivity contribution < 1.29 is 4.79 Å². The van der Waals surface area contributed by atoms with E-state index in [-0.39, 0.29) is 12.5 Å². The molecule has 118 valence electrons. The summed E-state index contributed by atoms with van der Waals surface area (Å²) in [5.41, 5.74) is 3.29. The van der Waals surface area contributed by atoms with Gasteiger partial charge in [0.05, 0.1) is 11.7 Å². The molecule has 23 heavy (non-hydrogen) atoms. The van der Waals surface area contributed by atoms with E-state index in [1.807, 2.05) is 49.4 Å². The van der Waals surface area contributed by atoms with E-state index in [4.69, 9.17) is 11.6 Å². The first-order valence-corrected chi connectivity index (χ1v) is 7.93. The van der Waals surface area contributed by atoms with Crippen molar-refractivity contribution in [1.29, 1.82) is 0 Å². The third-order valence-corrected chi connectivity index (χ3v) is 3.99. The summed E-state index contributed by atoms with van der Waals surface area (Å²) in [7, 11) is 0. The van der Waals surface area contributed by atoms with Crippen LogP contribution in [0, 0.1) is 6.92 Å². The molecule has 0 radical (unpaired) electrons. The lowest BCUT2D eigenvalue weighted by molar-refractivity contribution is -0.121. The molecule has 0 bridgehead atoms. The van der Waals surface area contributed by atoms with Gasteiger partial charge in [0.25, 0.3) is 0 Å². The second-order valence-electron chi connectivity index (χ2n) is 5.59. The molecule has 3 aromatic rings. The first kappa shape index (κ1) is 15.6. The van der Waals surface area contributed by atoms with Crippen molar-refractivity contribution >= 4 is 28.4 Å². The zero-order valence-corrected chi connectivity index (χ0v) is 13.7. The molecular formula is C18H18ClN3O. The summed E-state index contributed by atoms with van der Waals surface area (Å²) in [5, 5.41) is 8.99. The maximum atomic E-state index is 12.1. The molecule has 0 saturated carbocycles. The van der Waals surface area contributed by atoms with Gasteiger partial charge in [-0.15, -0.1) is 0 Å². The van der Waals surface area contributed by atoms with E-state index in [1.54, 1.807) is 10.9 Å². The molecule has 5 heteroatoms. The molecule has 0 saturated heterocycles. The smallest absolute Gasteiger partial charge is 0.241 e. The summed E-state index contributed by atoms with van der Waals surface area (Å²) >= 11 is 5.86. The predicted molar refractivity (Wildman–Crippen MR) is 92.6 cm³/mol. The minimum atomic E-state index is -0.0366. The molecule has 0 fully saturated rings. The van der Waals surface area contributed by atoms with Crippen molar-refractivity contribution in [2.75, 3.05) is 6.54 Å². The molecule has 0 unspecified atom stereocenters. The van der Waals surface area contributed by atoms with E-state index in [9.17, 15) is 4.79 Å². The molecule has 4 nitrogen and oxygen atoms in total. The van der Waals surface area contributed by atoms with Crippen LogP contribution in [0.5, 0.6) is 0 Å². The van der Waals surface area contributed by atoms with Crippen LogP contribution >= 0.6 is 11.6 Å². The van der Waals surface area contributed by atoms with Crippen LogP contribution in [0.1, 0.15) is 11.1 Å². The van der Waals surface area contributed by atoms with Gasteiger partial charge in [0.15, 0.2) is 0 Å². The third-order valence-electron chi connectivity index (χ3n) is 3.74. The Hall–Kier alpha value is -2.33. The summed E-state index contributed by atoms with van der Waals surface area (Å²) in [5.74, 6) is -0.0366. The first-order chi connectivity index (χ1) is 11.1. The molecule has 0 aliphatic carbocycles. The number of halogens is 1. The highest BCUT2D eigenvalue weighted by molar-refractivity contribution is 6.30. The van der Waals surface area contributed by atoms with E-state index in [0.29, 0.717) is 6.54 Å². The third kappa shape index (κ3) is 3.90. The Morgan fingerprint density at radius 3 is 2.78 bits per heavy atom. The van der Waals surface area contributed by atoms with Gasteiger partial charge in [-0.3, -0.25) is 9.48 Å². The van der Waals surface area contributed by atoms with E-state index < -0.39 is 0 Å². The number of aryl methyl sites for hydroxylation is 1. The number of amides is 1. The SMILES string of the molecule is Cc1ccc2cnn(CC(=O)NCCc3ccc(Cl)cc3)c2c1. The Balaban J connectivity index is 1.56. The van der Waals surface area contributed by atoms with E-state index in [1.165, 1.54) is 0 Å². The number of nitrogens with one attached hydrogen (secondary N) is 1. The van der Waals surface area contributed by atoms with Gasteiger partial charge in [-0.1, -0.05) is 35.9 Å². The maximum absolute atomic E-state index is 12.1. The number of benzene rings is 2. The van der Waals surface area contributed by atoms with Crippen LogP contribution in [-0.4, -0.2) is 22.2 Å².